The van der Waals surface area contributed by atoms with E-state index >= 15 is 0 Å². The van der Waals surface area contributed by atoms with Crippen molar-refractivity contribution in [3.63, 3.8) is 0 Å². The van der Waals surface area contributed by atoms with Gasteiger partial charge in [0.25, 0.3) is 0 Å². The van der Waals surface area contributed by atoms with E-state index in [4.69, 9.17) is 5.11 Å². The Kier molecular flexibility index (Phi) is 2.59. The number of carboxylic acid groups (broad SMARTS) is 1. The van der Waals surface area contributed by atoms with Gasteiger partial charge in [0, 0.05) is 18.1 Å². The third kappa shape index (κ3) is 1.77. The van der Waals surface area contributed by atoms with Crippen LogP contribution in [-0.2, 0) is 4.79 Å². The van der Waals surface area contributed by atoms with Crippen molar-refractivity contribution in [2.45, 2.75) is 6.04 Å². The molecule has 1 aromatic heterocycles. The summed E-state index contributed by atoms with van der Waals surface area (Å²) in [6.07, 6.45) is 3.43. The third-order valence-electron chi connectivity index (χ3n) is 1.45. The molecule has 0 amide bonds. The zero-order chi connectivity index (χ0) is 8.27. The molecule has 0 fully saturated rings. The second kappa shape index (κ2) is 3.48. The first kappa shape index (κ1) is 8.20. The summed E-state index contributed by atoms with van der Waals surface area (Å²) in [7, 11) is 0. The van der Waals surface area contributed by atoms with Gasteiger partial charge in [-0.05, 0) is 12.1 Å². The van der Waals surface area contributed by atoms with E-state index in [0.29, 0.717) is 5.75 Å². The molecule has 0 aliphatic heterocycles. The summed E-state index contributed by atoms with van der Waals surface area (Å²) in [5, 5.41) is 8.68. The predicted octanol–water partition coefficient (Wildman–Crippen LogP) is 1.04. The van der Waals surface area contributed by atoms with Crippen LogP contribution in [0.3, 0.4) is 0 Å². The molecular weight excluding hydrogens is 162 g/mol. The summed E-state index contributed by atoms with van der Waals surface area (Å²) in [6.45, 7) is 0. The standard InChI is InChI=1S/C7H9NO2S/c9-7(10)6(5-11)8-3-1-2-4-8/h1-4,6,11H,5H2,(H,9,10). The maximum absolute atomic E-state index is 10.6. The van der Waals surface area contributed by atoms with Gasteiger partial charge in [0.15, 0.2) is 0 Å². The number of thiol groups is 1. The highest BCUT2D eigenvalue weighted by atomic mass is 32.1. The highest BCUT2D eigenvalue weighted by Gasteiger charge is 2.15. The lowest BCUT2D eigenvalue weighted by atomic mass is 10.3. The van der Waals surface area contributed by atoms with Crippen molar-refractivity contribution in [1.82, 2.24) is 4.57 Å². The lowest BCUT2D eigenvalue weighted by Gasteiger charge is -2.10. The molecule has 0 aliphatic carbocycles. The lowest BCUT2D eigenvalue weighted by Crippen LogP contribution is -2.18. The van der Waals surface area contributed by atoms with E-state index in [2.05, 4.69) is 12.6 Å². The van der Waals surface area contributed by atoms with Crippen LogP contribution in [0.25, 0.3) is 0 Å². The first-order chi connectivity index (χ1) is 5.25. The van der Waals surface area contributed by atoms with Crippen LogP contribution < -0.4 is 0 Å². The molecule has 0 aliphatic rings. The van der Waals surface area contributed by atoms with Crippen LogP contribution in [0.1, 0.15) is 6.04 Å². The number of carboxylic acids is 1. The van der Waals surface area contributed by atoms with Crippen LogP contribution in [-0.4, -0.2) is 21.4 Å². The van der Waals surface area contributed by atoms with Crippen LogP contribution in [0.5, 0.6) is 0 Å². The van der Waals surface area contributed by atoms with Crippen LogP contribution in [0.4, 0.5) is 0 Å². The van der Waals surface area contributed by atoms with Gasteiger partial charge in [-0.25, -0.2) is 4.79 Å². The second-order valence-corrected chi connectivity index (χ2v) is 2.53. The van der Waals surface area contributed by atoms with Gasteiger partial charge in [0.05, 0.1) is 0 Å². The van der Waals surface area contributed by atoms with Crippen molar-refractivity contribution < 1.29 is 9.90 Å². The Balaban J connectivity index is 2.79. The Morgan fingerprint density at radius 3 is 2.45 bits per heavy atom. The van der Waals surface area contributed by atoms with Gasteiger partial charge in [0.1, 0.15) is 6.04 Å². The average Bonchev–Trinajstić information content (AvgIpc) is 2.40. The van der Waals surface area contributed by atoms with E-state index < -0.39 is 12.0 Å². The molecule has 1 rings (SSSR count). The molecule has 0 saturated carbocycles. The summed E-state index contributed by atoms with van der Waals surface area (Å²) in [6, 6.07) is 3.03. The van der Waals surface area contributed by atoms with E-state index in [-0.39, 0.29) is 0 Å². The summed E-state index contributed by atoms with van der Waals surface area (Å²) in [5.74, 6) is -0.541. The Labute approximate surface area is 70.1 Å². The molecule has 0 bridgehead atoms. The van der Waals surface area contributed by atoms with E-state index in [1.54, 1.807) is 29.1 Å². The van der Waals surface area contributed by atoms with E-state index in [1.807, 2.05) is 0 Å². The van der Waals surface area contributed by atoms with Crippen molar-refractivity contribution >= 4 is 18.6 Å². The van der Waals surface area contributed by atoms with Crippen molar-refractivity contribution in [3.8, 4) is 0 Å². The quantitative estimate of drug-likeness (QED) is 0.667. The van der Waals surface area contributed by atoms with Gasteiger partial charge in [-0.15, -0.1) is 0 Å². The SMILES string of the molecule is O=C(O)C(CS)n1cccc1. The number of rotatable bonds is 3. The molecule has 0 saturated heterocycles. The van der Waals surface area contributed by atoms with Crippen LogP contribution in [0.2, 0.25) is 0 Å². The maximum atomic E-state index is 10.6. The molecule has 11 heavy (non-hydrogen) atoms. The maximum Gasteiger partial charge on any atom is 0.327 e. The lowest BCUT2D eigenvalue weighted by molar-refractivity contribution is -0.140. The number of carbonyl (C=O) groups is 1. The summed E-state index contributed by atoms with van der Waals surface area (Å²) < 4.78 is 1.62. The van der Waals surface area contributed by atoms with Crippen LogP contribution in [0, 0.1) is 0 Å². The van der Waals surface area contributed by atoms with Gasteiger partial charge >= 0.3 is 5.97 Å². The molecule has 0 spiro atoms. The van der Waals surface area contributed by atoms with Crippen molar-refractivity contribution in [1.29, 1.82) is 0 Å². The fourth-order valence-electron chi connectivity index (χ4n) is 0.856. The van der Waals surface area contributed by atoms with Gasteiger partial charge in [-0.1, -0.05) is 0 Å². The van der Waals surface area contributed by atoms with Gasteiger partial charge in [-0.2, -0.15) is 12.6 Å². The Bertz CT molecular complexity index is 233. The Morgan fingerprint density at radius 1 is 1.55 bits per heavy atom. The molecule has 1 heterocycles. The summed E-state index contributed by atoms with van der Waals surface area (Å²) in [4.78, 5) is 10.6. The number of nitrogens with zero attached hydrogens (tertiary/aromatic N) is 1. The summed E-state index contributed by atoms with van der Waals surface area (Å²) in [5.41, 5.74) is 0. The Hall–Kier alpha value is -0.900. The minimum atomic E-state index is -0.851. The van der Waals surface area contributed by atoms with Gasteiger partial charge < -0.3 is 9.67 Å². The summed E-state index contributed by atoms with van der Waals surface area (Å²) >= 11 is 3.94. The smallest absolute Gasteiger partial charge is 0.327 e. The number of hydrogen-bond acceptors (Lipinski definition) is 2. The number of hydrogen-bond donors (Lipinski definition) is 2. The monoisotopic (exact) mass is 171 g/mol. The fourth-order valence-corrected chi connectivity index (χ4v) is 1.20. The number of aliphatic carboxylic acids is 1. The molecule has 1 atom stereocenters. The van der Waals surface area contributed by atoms with E-state index in [1.165, 1.54) is 0 Å². The molecule has 1 aromatic rings. The number of aromatic nitrogens is 1. The van der Waals surface area contributed by atoms with Crippen LogP contribution in [0.15, 0.2) is 24.5 Å². The second-order valence-electron chi connectivity index (χ2n) is 2.17. The molecule has 60 valence electrons. The van der Waals surface area contributed by atoms with Crippen molar-refractivity contribution in [2.24, 2.45) is 0 Å². The molecule has 4 heteroatoms. The van der Waals surface area contributed by atoms with Crippen molar-refractivity contribution in [3.05, 3.63) is 24.5 Å². The molecule has 3 nitrogen and oxygen atoms in total. The minimum Gasteiger partial charge on any atom is -0.480 e. The molecule has 0 radical (unpaired) electrons. The first-order valence-electron chi connectivity index (χ1n) is 3.22. The minimum absolute atomic E-state index is 0.310. The van der Waals surface area contributed by atoms with E-state index in [0.717, 1.165) is 0 Å². The normalized spacial score (nSPS) is 12.8. The Morgan fingerprint density at radius 2 is 2.09 bits per heavy atom. The molecule has 1 N–H and O–H groups in total. The first-order valence-corrected chi connectivity index (χ1v) is 3.85. The molecule has 1 unspecified atom stereocenters. The zero-order valence-electron chi connectivity index (χ0n) is 5.84. The third-order valence-corrected chi connectivity index (χ3v) is 1.79. The van der Waals surface area contributed by atoms with Gasteiger partial charge in [0.2, 0.25) is 0 Å². The fraction of sp³-hybridized carbons (Fsp3) is 0.286. The largest absolute Gasteiger partial charge is 0.480 e. The topological polar surface area (TPSA) is 42.2 Å². The average molecular weight is 171 g/mol. The highest BCUT2D eigenvalue weighted by Crippen LogP contribution is 2.08. The van der Waals surface area contributed by atoms with Crippen LogP contribution >= 0.6 is 12.6 Å². The highest BCUT2D eigenvalue weighted by molar-refractivity contribution is 7.80. The predicted molar refractivity (Wildman–Crippen MR) is 45.0 cm³/mol. The zero-order valence-corrected chi connectivity index (χ0v) is 6.74. The van der Waals surface area contributed by atoms with Gasteiger partial charge in [-0.3, -0.25) is 0 Å². The molecular formula is C7H9NO2S. The van der Waals surface area contributed by atoms with Crippen molar-refractivity contribution in [2.75, 3.05) is 5.75 Å². The molecule has 0 aromatic carbocycles. The van der Waals surface area contributed by atoms with E-state index in [9.17, 15) is 4.79 Å².